The maximum absolute atomic E-state index is 12.5. The van der Waals surface area contributed by atoms with Crippen molar-refractivity contribution < 1.29 is 9.59 Å². The van der Waals surface area contributed by atoms with Gasteiger partial charge in [-0.3, -0.25) is 9.59 Å². The molecule has 0 N–H and O–H groups in total. The van der Waals surface area contributed by atoms with Crippen molar-refractivity contribution in [2.24, 2.45) is 0 Å². The SMILES string of the molecule is C/C=C\C(=C/C)N1CCN(C(=O)/C=C/C(=O)c2ccc(C3CCCCC3)cc2)CC1.CC.CCCCC. The third-order valence-corrected chi connectivity index (χ3v) is 6.95. The van der Waals surface area contributed by atoms with Crippen LogP contribution in [0.2, 0.25) is 0 Å². The minimum atomic E-state index is -0.110. The molecule has 1 aromatic carbocycles. The van der Waals surface area contributed by atoms with Gasteiger partial charge < -0.3 is 9.80 Å². The fourth-order valence-electron chi connectivity index (χ4n) is 4.80. The molecule has 1 aliphatic carbocycles. The lowest BCUT2D eigenvalue weighted by atomic mass is 9.84. The van der Waals surface area contributed by atoms with Gasteiger partial charge in [0.1, 0.15) is 0 Å². The molecule has 0 aromatic heterocycles. The Bertz CT molecular complexity index is 851. The van der Waals surface area contributed by atoms with E-state index >= 15 is 0 Å². The summed E-state index contributed by atoms with van der Waals surface area (Å²) < 4.78 is 0. The largest absolute Gasteiger partial charge is 0.368 e. The van der Waals surface area contributed by atoms with Crippen LogP contribution in [0.5, 0.6) is 0 Å². The second-order valence-electron chi connectivity index (χ2n) is 9.53. The van der Waals surface area contributed by atoms with E-state index in [9.17, 15) is 9.59 Å². The summed E-state index contributed by atoms with van der Waals surface area (Å²) in [4.78, 5) is 29.1. The van der Waals surface area contributed by atoms with Crippen LogP contribution in [0.15, 0.2) is 60.3 Å². The lowest BCUT2D eigenvalue weighted by Crippen LogP contribution is -2.47. The highest BCUT2D eigenvalue weighted by molar-refractivity contribution is 6.07. The minimum absolute atomic E-state index is 0.0881. The Morgan fingerprint density at radius 3 is 1.86 bits per heavy atom. The predicted molar refractivity (Wildman–Crippen MR) is 159 cm³/mol. The topological polar surface area (TPSA) is 40.6 Å². The molecule has 4 nitrogen and oxygen atoms in total. The molecule has 1 aliphatic heterocycles. The number of unbranched alkanes of at least 4 members (excludes halogenated alkanes) is 2. The number of carbonyl (C=O) groups is 2. The first kappa shape index (κ1) is 32.4. The molecule has 1 heterocycles. The van der Waals surface area contributed by atoms with E-state index < -0.39 is 0 Å². The van der Waals surface area contributed by atoms with E-state index in [-0.39, 0.29) is 11.7 Å². The van der Waals surface area contributed by atoms with Gasteiger partial charge >= 0.3 is 0 Å². The Balaban J connectivity index is 0.000000874. The molecule has 1 saturated carbocycles. The molecule has 0 spiro atoms. The molecule has 3 rings (SSSR count). The number of benzene rings is 1. The van der Waals surface area contributed by atoms with Crippen molar-refractivity contribution in [3.8, 4) is 0 Å². The molecule has 4 heteroatoms. The van der Waals surface area contributed by atoms with Crippen LogP contribution in [0.4, 0.5) is 0 Å². The molecule has 0 atom stereocenters. The van der Waals surface area contributed by atoms with Crippen molar-refractivity contribution in [1.29, 1.82) is 0 Å². The first-order valence-corrected chi connectivity index (χ1v) is 14.7. The number of ketones is 1. The number of allylic oxidation sites excluding steroid dienone is 4. The van der Waals surface area contributed by atoms with Crippen molar-refractivity contribution in [3.63, 3.8) is 0 Å². The van der Waals surface area contributed by atoms with Crippen molar-refractivity contribution in [1.82, 2.24) is 9.80 Å². The average Bonchev–Trinajstić information content (AvgIpc) is 2.97. The quantitative estimate of drug-likeness (QED) is 0.201. The van der Waals surface area contributed by atoms with E-state index in [1.165, 1.54) is 74.8 Å². The van der Waals surface area contributed by atoms with E-state index in [1.54, 1.807) is 0 Å². The summed E-state index contributed by atoms with van der Waals surface area (Å²) in [6.07, 6.45) is 19.6. The van der Waals surface area contributed by atoms with Gasteiger partial charge in [0.25, 0.3) is 0 Å². The minimum Gasteiger partial charge on any atom is -0.368 e. The van der Waals surface area contributed by atoms with Crippen LogP contribution in [0.25, 0.3) is 0 Å². The molecule has 0 radical (unpaired) electrons. The normalized spacial score (nSPS) is 16.8. The van der Waals surface area contributed by atoms with E-state index in [1.807, 2.05) is 50.8 Å². The van der Waals surface area contributed by atoms with Gasteiger partial charge in [0.05, 0.1) is 0 Å². The summed E-state index contributed by atoms with van der Waals surface area (Å²) in [6.45, 7) is 15.4. The fraction of sp³-hybridized carbons (Fsp3) is 0.576. The first-order valence-electron chi connectivity index (χ1n) is 14.7. The van der Waals surface area contributed by atoms with Gasteiger partial charge in [0.2, 0.25) is 5.91 Å². The van der Waals surface area contributed by atoms with Crippen LogP contribution in [0, 0.1) is 0 Å². The van der Waals surface area contributed by atoms with Crippen LogP contribution < -0.4 is 0 Å². The van der Waals surface area contributed by atoms with Gasteiger partial charge in [-0.15, -0.1) is 0 Å². The monoisotopic (exact) mass is 508 g/mol. The van der Waals surface area contributed by atoms with Crippen molar-refractivity contribution in [2.45, 2.75) is 98.8 Å². The maximum atomic E-state index is 12.5. The second kappa shape index (κ2) is 19.5. The van der Waals surface area contributed by atoms with Crippen molar-refractivity contribution >= 4 is 11.7 Å². The molecule has 206 valence electrons. The Morgan fingerprint density at radius 1 is 0.811 bits per heavy atom. The van der Waals surface area contributed by atoms with Crippen LogP contribution in [-0.2, 0) is 4.79 Å². The number of hydrogen-bond acceptors (Lipinski definition) is 3. The highest BCUT2D eigenvalue weighted by Gasteiger charge is 2.20. The number of nitrogens with zero attached hydrogens (tertiary/aromatic N) is 2. The van der Waals surface area contributed by atoms with Gasteiger partial charge in [-0.25, -0.2) is 0 Å². The molecular weight excluding hydrogens is 456 g/mol. The summed E-state index contributed by atoms with van der Waals surface area (Å²) in [5, 5.41) is 0. The zero-order valence-corrected chi connectivity index (χ0v) is 24.5. The maximum Gasteiger partial charge on any atom is 0.246 e. The molecule has 0 bridgehead atoms. The molecule has 2 aliphatic rings. The molecule has 2 fully saturated rings. The summed E-state index contributed by atoms with van der Waals surface area (Å²) in [7, 11) is 0. The number of hydrogen-bond donors (Lipinski definition) is 0. The third kappa shape index (κ3) is 11.5. The van der Waals surface area contributed by atoms with Gasteiger partial charge in [-0.1, -0.05) is 103 Å². The molecule has 37 heavy (non-hydrogen) atoms. The van der Waals surface area contributed by atoms with E-state index in [4.69, 9.17) is 0 Å². The third-order valence-electron chi connectivity index (χ3n) is 6.95. The summed E-state index contributed by atoms with van der Waals surface area (Å²) >= 11 is 0. The van der Waals surface area contributed by atoms with Gasteiger partial charge in [-0.2, -0.15) is 0 Å². The number of rotatable bonds is 8. The molecule has 1 saturated heterocycles. The molecule has 1 amide bonds. The second-order valence-corrected chi connectivity index (χ2v) is 9.53. The smallest absolute Gasteiger partial charge is 0.246 e. The Morgan fingerprint density at radius 2 is 1.38 bits per heavy atom. The number of amides is 1. The highest BCUT2D eigenvalue weighted by atomic mass is 16.2. The van der Waals surface area contributed by atoms with Gasteiger partial charge in [0.15, 0.2) is 5.78 Å². The van der Waals surface area contributed by atoms with E-state index in [0.717, 1.165) is 13.1 Å². The molecule has 1 aromatic rings. The lowest BCUT2D eigenvalue weighted by molar-refractivity contribution is -0.127. The molecule has 0 unspecified atom stereocenters. The average molecular weight is 509 g/mol. The van der Waals surface area contributed by atoms with Crippen LogP contribution in [-0.4, -0.2) is 47.7 Å². The lowest BCUT2D eigenvalue weighted by Gasteiger charge is -2.36. The van der Waals surface area contributed by atoms with E-state index in [0.29, 0.717) is 24.6 Å². The Hall–Kier alpha value is -2.62. The van der Waals surface area contributed by atoms with Gasteiger partial charge in [-0.05, 0) is 50.3 Å². The van der Waals surface area contributed by atoms with Crippen LogP contribution in [0.1, 0.15) is 115 Å². The van der Waals surface area contributed by atoms with Crippen LogP contribution in [0.3, 0.4) is 0 Å². The predicted octanol–water partition coefficient (Wildman–Crippen LogP) is 8.32. The van der Waals surface area contributed by atoms with Gasteiger partial charge in [0, 0.05) is 43.5 Å². The van der Waals surface area contributed by atoms with E-state index in [2.05, 4.69) is 43.0 Å². The van der Waals surface area contributed by atoms with Crippen molar-refractivity contribution in [3.05, 3.63) is 71.5 Å². The fourth-order valence-corrected chi connectivity index (χ4v) is 4.80. The number of piperazine rings is 1. The standard InChI is InChI=1S/C26H34N2O2.C5H12.C2H6/c1-3-8-24(4-2)27-17-19-28(20-18-27)26(30)16-15-25(29)23-13-11-22(12-14-23)21-9-6-5-7-10-21;1-3-5-4-2;1-2/h3-4,8,11-16,21H,5-7,9-10,17-20H2,1-2H3;3-5H2,1-2H3;1-2H3/b8-3-,16-15+,24-4+;;. The zero-order valence-electron chi connectivity index (χ0n) is 24.5. The molecular formula is C33H52N2O2. The van der Waals surface area contributed by atoms with Crippen molar-refractivity contribution in [2.75, 3.05) is 26.2 Å². The summed E-state index contributed by atoms with van der Waals surface area (Å²) in [5.74, 6) is 0.436. The Labute approximate surface area is 227 Å². The summed E-state index contributed by atoms with van der Waals surface area (Å²) in [5.41, 5.74) is 3.17. The van der Waals surface area contributed by atoms with Crippen LogP contribution >= 0.6 is 0 Å². The Kier molecular flexibility index (Phi) is 17.1. The highest BCUT2D eigenvalue weighted by Crippen LogP contribution is 2.32. The first-order chi connectivity index (χ1) is 18.0. The zero-order chi connectivity index (χ0) is 27.5. The summed E-state index contributed by atoms with van der Waals surface area (Å²) in [6, 6.07) is 7.98. The number of carbonyl (C=O) groups excluding carboxylic acids is 2.